The molecular formula is C22H26N4O3S. The number of hydrogen-bond donors (Lipinski definition) is 1. The number of carbonyl (C=O) groups excluding carboxylic acids is 1. The highest BCUT2D eigenvalue weighted by molar-refractivity contribution is 7.89. The number of nitrogens with one attached hydrogen (secondary N) is 1. The van der Waals surface area contributed by atoms with Crippen molar-refractivity contribution in [3.05, 3.63) is 59.7 Å². The number of sulfonamides is 1. The highest BCUT2D eigenvalue weighted by Gasteiger charge is 2.32. The lowest BCUT2D eigenvalue weighted by atomic mass is 10.1. The van der Waals surface area contributed by atoms with Gasteiger partial charge in [-0.3, -0.25) is 14.2 Å². The zero-order valence-corrected chi connectivity index (χ0v) is 17.8. The molecule has 4 rings (SSSR count). The zero-order valence-electron chi connectivity index (χ0n) is 17.0. The van der Waals surface area contributed by atoms with E-state index in [0.29, 0.717) is 19.5 Å². The van der Waals surface area contributed by atoms with Crippen molar-refractivity contribution in [1.82, 2.24) is 9.62 Å². The molecule has 30 heavy (non-hydrogen) atoms. The summed E-state index contributed by atoms with van der Waals surface area (Å²) in [4.78, 5) is 18.7. The summed E-state index contributed by atoms with van der Waals surface area (Å²) in [6.45, 7) is 3.56. The van der Waals surface area contributed by atoms with Gasteiger partial charge in [-0.1, -0.05) is 43.7 Å². The van der Waals surface area contributed by atoms with E-state index in [1.165, 1.54) is 10.6 Å². The Morgan fingerprint density at radius 1 is 1.20 bits per heavy atom. The van der Waals surface area contributed by atoms with Gasteiger partial charge in [0.05, 0.1) is 17.5 Å². The first-order valence-corrected chi connectivity index (χ1v) is 11.7. The van der Waals surface area contributed by atoms with Crippen LogP contribution in [-0.4, -0.2) is 44.7 Å². The predicted octanol–water partition coefficient (Wildman–Crippen LogP) is 3.33. The van der Waals surface area contributed by atoms with E-state index < -0.39 is 10.0 Å². The molecule has 0 spiro atoms. The van der Waals surface area contributed by atoms with Crippen LogP contribution in [-0.2, 0) is 16.4 Å². The van der Waals surface area contributed by atoms with Crippen molar-refractivity contribution in [2.45, 2.75) is 37.1 Å². The van der Waals surface area contributed by atoms with Crippen LogP contribution >= 0.6 is 0 Å². The maximum Gasteiger partial charge on any atom is 0.321 e. The molecule has 1 N–H and O–H groups in total. The Morgan fingerprint density at radius 2 is 2.00 bits per heavy atom. The van der Waals surface area contributed by atoms with Gasteiger partial charge in [-0.15, -0.1) is 0 Å². The van der Waals surface area contributed by atoms with Crippen molar-refractivity contribution >= 4 is 28.1 Å². The average molecular weight is 427 g/mol. The largest absolute Gasteiger partial charge is 0.338 e. The Morgan fingerprint density at radius 3 is 2.77 bits per heavy atom. The van der Waals surface area contributed by atoms with E-state index in [0.717, 1.165) is 29.7 Å². The highest BCUT2D eigenvalue weighted by Crippen LogP contribution is 2.32. The van der Waals surface area contributed by atoms with Crippen LogP contribution in [0.15, 0.2) is 58.4 Å². The van der Waals surface area contributed by atoms with Crippen LogP contribution in [0.5, 0.6) is 0 Å². The SMILES string of the molecule is CCCCNC(=O)N1CCc2cc(S(=O)(=O)N3C=N[C@@H](c4ccccc4)C3)ccc21. The molecule has 0 saturated heterocycles. The third-order valence-electron chi connectivity index (χ3n) is 5.52. The van der Waals surface area contributed by atoms with Crippen LogP contribution in [0.4, 0.5) is 10.5 Å². The van der Waals surface area contributed by atoms with E-state index in [1.54, 1.807) is 23.1 Å². The van der Waals surface area contributed by atoms with Crippen molar-refractivity contribution in [3.63, 3.8) is 0 Å². The van der Waals surface area contributed by atoms with E-state index in [2.05, 4.69) is 17.2 Å². The summed E-state index contributed by atoms with van der Waals surface area (Å²) in [7, 11) is -3.69. The van der Waals surface area contributed by atoms with E-state index >= 15 is 0 Å². The van der Waals surface area contributed by atoms with Gasteiger partial charge in [-0.25, -0.2) is 13.2 Å². The molecule has 2 heterocycles. The molecule has 0 saturated carbocycles. The summed E-state index contributed by atoms with van der Waals surface area (Å²) in [5.41, 5.74) is 2.64. The molecule has 0 aromatic heterocycles. The third-order valence-corrected chi connectivity index (χ3v) is 7.23. The van der Waals surface area contributed by atoms with E-state index in [4.69, 9.17) is 0 Å². The highest BCUT2D eigenvalue weighted by atomic mass is 32.2. The normalized spacial score (nSPS) is 18.0. The fourth-order valence-electron chi connectivity index (χ4n) is 3.80. The molecule has 158 valence electrons. The Kier molecular flexibility index (Phi) is 5.76. The van der Waals surface area contributed by atoms with E-state index in [9.17, 15) is 13.2 Å². The van der Waals surface area contributed by atoms with Crippen molar-refractivity contribution in [1.29, 1.82) is 0 Å². The molecule has 0 fully saturated rings. The van der Waals surface area contributed by atoms with Gasteiger partial charge in [0.15, 0.2) is 0 Å². The van der Waals surface area contributed by atoms with Crippen molar-refractivity contribution in [2.24, 2.45) is 4.99 Å². The number of carbonyl (C=O) groups is 1. The standard InChI is InChI=1S/C22H26N4O3S/c1-2-3-12-23-22(27)26-13-11-18-14-19(9-10-21(18)26)30(28,29)25-15-20(24-16-25)17-7-5-4-6-8-17/h4-10,14,16,20H,2-3,11-13,15H2,1H3,(H,23,27)/t20-/m1/s1. The first-order valence-electron chi connectivity index (χ1n) is 10.3. The molecule has 0 radical (unpaired) electrons. The number of nitrogens with zero attached hydrogens (tertiary/aromatic N) is 3. The molecule has 0 bridgehead atoms. The van der Waals surface area contributed by atoms with Gasteiger partial charge >= 0.3 is 6.03 Å². The van der Waals surface area contributed by atoms with Gasteiger partial charge in [0, 0.05) is 18.8 Å². The fraction of sp³-hybridized carbons (Fsp3) is 0.364. The number of unbranched alkanes of at least 4 members (excludes halogenated alkanes) is 1. The summed E-state index contributed by atoms with van der Waals surface area (Å²) in [5.74, 6) is 0. The van der Waals surface area contributed by atoms with Crippen molar-refractivity contribution in [2.75, 3.05) is 24.5 Å². The molecule has 0 aliphatic carbocycles. The lowest BCUT2D eigenvalue weighted by molar-refractivity contribution is 0.246. The minimum Gasteiger partial charge on any atom is -0.338 e. The Bertz CT molecular complexity index is 1050. The van der Waals surface area contributed by atoms with Crippen LogP contribution in [0.3, 0.4) is 0 Å². The lowest BCUT2D eigenvalue weighted by Crippen LogP contribution is -2.39. The number of anilines is 1. The molecule has 1 atom stereocenters. The molecular weight excluding hydrogens is 400 g/mol. The smallest absolute Gasteiger partial charge is 0.321 e. The second kappa shape index (κ2) is 8.47. The first kappa shape index (κ1) is 20.4. The second-order valence-electron chi connectivity index (χ2n) is 7.54. The van der Waals surface area contributed by atoms with Crippen LogP contribution < -0.4 is 10.2 Å². The summed E-state index contributed by atoms with van der Waals surface area (Å²) in [6, 6.07) is 14.3. The molecule has 2 aliphatic rings. The quantitative estimate of drug-likeness (QED) is 0.720. The van der Waals surface area contributed by atoms with Gasteiger partial charge in [-0.05, 0) is 42.2 Å². The minimum atomic E-state index is -3.69. The molecule has 2 aromatic rings. The topological polar surface area (TPSA) is 82.1 Å². The van der Waals surface area contributed by atoms with Crippen LogP contribution in [0.1, 0.15) is 36.9 Å². The monoisotopic (exact) mass is 426 g/mol. The number of urea groups is 1. The lowest BCUT2D eigenvalue weighted by Gasteiger charge is -2.19. The Labute approximate surface area is 177 Å². The van der Waals surface area contributed by atoms with E-state index in [-0.39, 0.29) is 23.5 Å². The van der Waals surface area contributed by atoms with Gasteiger partial charge in [0.2, 0.25) is 0 Å². The number of rotatable bonds is 6. The number of benzene rings is 2. The van der Waals surface area contributed by atoms with Crippen LogP contribution in [0.25, 0.3) is 0 Å². The molecule has 2 aromatic carbocycles. The number of amides is 2. The van der Waals surface area contributed by atoms with Crippen LogP contribution in [0, 0.1) is 0 Å². The fourth-order valence-corrected chi connectivity index (χ4v) is 5.12. The minimum absolute atomic E-state index is 0.129. The molecule has 7 nitrogen and oxygen atoms in total. The summed E-state index contributed by atoms with van der Waals surface area (Å²) >= 11 is 0. The maximum atomic E-state index is 13.1. The van der Waals surface area contributed by atoms with Gasteiger partial charge in [0.25, 0.3) is 10.0 Å². The number of aliphatic imine (C=N–C) groups is 1. The van der Waals surface area contributed by atoms with Crippen LogP contribution in [0.2, 0.25) is 0 Å². The summed E-state index contributed by atoms with van der Waals surface area (Å²) < 4.78 is 27.6. The average Bonchev–Trinajstić information content (AvgIpc) is 3.42. The Balaban J connectivity index is 1.49. The van der Waals surface area contributed by atoms with Crippen molar-refractivity contribution in [3.8, 4) is 0 Å². The number of hydrogen-bond acceptors (Lipinski definition) is 4. The predicted molar refractivity (Wildman–Crippen MR) is 117 cm³/mol. The van der Waals surface area contributed by atoms with Gasteiger partial charge in [0.1, 0.15) is 6.34 Å². The second-order valence-corrected chi connectivity index (χ2v) is 9.43. The summed E-state index contributed by atoms with van der Waals surface area (Å²) in [5, 5.41) is 2.92. The molecule has 2 amide bonds. The zero-order chi connectivity index (χ0) is 21.1. The number of fused-ring (bicyclic) bond motifs is 1. The maximum absolute atomic E-state index is 13.1. The molecule has 0 unspecified atom stereocenters. The Hall–Kier alpha value is -2.87. The van der Waals surface area contributed by atoms with Crippen molar-refractivity contribution < 1.29 is 13.2 Å². The molecule has 2 aliphatic heterocycles. The van der Waals surface area contributed by atoms with E-state index in [1.807, 2.05) is 30.3 Å². The molecule has 8 heteroatoms. The summed E-state index contributed by atoms with van der Waals surface area (Å²) in [6.07, 6.45) is 4.00. The van der Waals surface area contributed by atoms with Gasteiger partial charge in [-0.2, -0.15) is 0 Å². The first-order chi connectivity index (χ1) is 14.5. The van der Waals surface area contributed by atoms with Gasteiger partial charge < -0.3 is 5.32 Å². The third kappa shape index (κ3) is 3.92.